The van der Waals surface area contributed by atoms with Crippen LogP contribution in [0.15, 0.2) is 54.6 Å². The summed E-state index contributed by atoms with van der Waals surface area (Å²) in [6, 6.07) is 13.9. The molecule has 0 aromatic heterocycles. The molecule has 0 amide bonds. The highest BCUT2D eigenvalue weighted by atomic mass is 32.2. The van der Waals surface area contributed by atoms with E-state index in [1.54, 1.807) is 30.3 Å². The van der Waals surface area contributed by atoms with Crippen molar-refractivity contribution in [2.45, 2.75) is 11.7 Å². The summed E-state index contributed by atoms with van der Waals surface area (Å²) in [5.74, 6) is -0.774. The van der Waals surface area contributed by atoms with Crippen molar-refractivity contribution in [2.24, 2.45) is 0 Å². The summed E-state index contributed by atoms with van der Waals surface area (Å²) in [5.41, 5.74) is 0.353. The fraction of sp³-hybridized carbons (Fsp3) is 0.133. The first-order valence-electron chi connectivity index (χ1n) is 6.22. The fourth-order valence-corrected chi connectivity index (χ4v) is 2.91. The highest BCUT2D eigenvalue weighted by Crippen LogP contribution is 2.28. The van der Waals surface area contributed by atoms with Gasteiger partial charge in [-0.15, -0.1) is 0 Å². The first-order valence-corrected chi connectivity index (χ1v) is 7.72. The van der Waals surface area contributed by atoms with Crippen molar-refractivity contribution in [3.8, 4) is 5.75 Å². The van der Waals surface area contributed by atoms with E-state index in [0.717, 1.165) is 0 Å². The van der Waals surface area contributed by atoms with Gasteiger partial charge in [0.1, 0.15) is 11.0 Å². The molecule has 2 aromatic carbocycles. The van der Waals surface area contributed by atoms with E-state index in [2.05, 4.69) is 0 Å². The molecule has 2 N–H and O–H groups in total. The number of phenolic OH excluding ortho intramolecular Hbond substituents is 1. The highest BCUT2D eigenvalue weighted by molar-refractivity contribution is 7.86. The topological polar surface area (TPSA) is 91.7 Å². The van der Waals surface area contributed by atoms with E-state index in [1.807, 2.05) is 0 Å². The number of Topliss-reactive ketones (excluding diaryl/α,β-unsaturated/α-hetero) is 1. The van der Waals surface area contributed by atoms with Crippen molar-refractivity contribution in [1.82, 2.24) is 0 Å². The van der Waals surface area contributed by atoms with Gasteiger partial charge >= 0.3 is 0 Å². The largest absolute Gasteiger partial charge is 0.507 e. The van der Waals surface area contributed by atoms with Crippen molar-refractivity contribution in [3.63, 3.8) is 0 Å². The lowest BCUT2D eigenvalue weighted by Gasteiger charge is -2.14. The van der Waals surface area contributed by atoms with Crippen LogP contribution in [-0.4, -0.2) is 23.9 Å². The maximum atomic E-state index is 12.2. The van der Waals surface area contributed by atoms with Crippen molar-refractivity contribution < 1.29 is 22.9 Å². The Morgan fingerprint density at radius 3 is 2.14 bits per heavy atom. The monoisotopic (exact) mass is 306 g/mol. The maximum absolute atomic E-state index is 12.2. The molecule has 0 fully saturated rings. The predicted octanol–water partition coefficient (Wildman–Crippen LogP) is 2.59. The van der Waals surface area contributed by atoms with Crippen molar-refractivity contribution >= 4 is 15.9 Å². The number of rotatable bonds is 5. The molecule has 0 heterocycles. The predicted molar refractivity (Wildman–Crippen MR) is 77.8 cm³/mol. The molecular weight excluding hydrogens is 292 g/mol. The molecular formula is C15H14O5S. The van der Waals surface area contributed by atoms with Gasteiger partial charge in [0.25, 0.3) is 10.1 Å². The third-order valence-electron chi connectivity index (χ3n) is 3.11. The van der Waals surface area contributed by atoms with Crippen molar-refractivity contribution in [3.05, 3.63) is 65.7 Å². The Bertz CT molecular complexity index is 738. The van der Waals surface area contributed by atoms with Crippen LogP contribution in [0, 0.1) is 0 Å². The molecule has 2 aromatic rings. The zero-order chi connectivity index (χ0) is 15.5. The van der Waals surface area contributed by atoms with Gasteiger partial charge in [0.2, 0.25) is 0 Å². The van der Waals surface area contributed by atoms with E-state index >= 15 is 0 Å². The summed E-state index contributed by atoms with van der Waals surface area (Å²) in [5, 5.41) is 8.28. The van der Waals surface area contributed by atoms with Crippen molar-refractivity contribution in [2.75, 3.05) is 0 Å². The second kappa shape index (κ2) is 6.07. The molecule has 0 aliphatic heterocycles. The Hall–Kier alpha value is -2.18. The van der Waals surface area contributed by atoms with Crippen LogP contribution in [0.3, 0.4) is 0 Å². The van der Waals surface area contributed by atoms with Gasteiger partial charge in [-0.3, -0.25) is 9.35 Å². The van der Waals surface area contributed by atoms with E-state index in [1.165, 1.54) is 24.3 Å². The number of carbonyl (C=O) groups excluding carboxylic acids is 1. The number of carbonyl (C=O) groups is 1. The quantitative estimate of drug-likeness (QED) is 0.654. The lowest BCUT2D eigenvalue weighted by Crippen LogP contribution is -2.16. The molecule has 110 valence electrons. The van der Waals surface area contributed by atoms with Crippen LogP contribution in [0.5, 0.6) is 5.75 Å². The Balaban J connectivity index is 2.33. The second-order valence-electron chi connectivity index (χ2n) is 4.56. The molecule has 0 spiro atoms. The molecule has 0 bridgehead atoms. The molecule has 1 atom stereocenters. The number of aromatic hydroxyl groups is 1. The molecule has 21 heavy (non-hydrogen) atoms. The van der Waals surface area contributed by atoms with Gasteiger partial charge in [0, 0.05) is 6.42 Å². The van der Waals surface area contributed by atoms with Gasteiger partial charge in [-0.05, 0) is 17.7 Å². The molecule has 2 rings (SSSR count). The van der Waals surface area contributed by atoms with Gasteiger partial charge in [-0.2, -0.15) is 8.42 Å². The van der Waals surface area contributed by atoms with Gasteiger partial charge < -0.3 is 5.11 Å². The first kappa shape index (κ1) is 15.2. The number of benzene rings is 2. The smallest absolute Gasteiger partial charge is 0.272 e. The number of phenols is 1. The van der Waals surface area contributed by atoms with E-state index in [0.29, 0.717) is 5.56 Å². The average molecular weight is 306 g/mol. The van der Waals surface area contributed by atoms with E-state index in [9.17, 15) is 22.9 Å². The summed E-state index contributed by atoms with van der Waals surface area (Å²) in [6.45, 7) is 0. The SMILES string of the molecule is O=C(CC(c1ccccc1)S(=O)(=O)O)c1ccccc1O. The standard InChI is InChI=1S/C15H14O5S/c16-13-9-5-4-8-12(13)14(17)10-15(21(18,19)20)11-6-2-1-3-7-11/h1-9,15-16H,10H2,(H,18,19,20). The third-order valence-corrected chi connectivity index (χ3v) is 4.26. The summed E-state index contributed by atoms with van der Waals surface area (Å²) >= 11 is 0. The van der Waals surface area contributed by atoms with Crippen LogP contribution < -0.4 is 0 Å². The molecule has 0 radical (unpaired) electrons. The van der Waals surface area contributed by atoms with Gasteiger partial charge in [0.15, 0.2) is 5.78 Å². The molecule has 6 heteroatoms. The Morgan fingerprint density at radius 2 is 1.57 bits per heavy atom. The molecule has 0 saturated heterocycles. The maximum Gasteiger partial charge on any atom is 0.272 e. The minimum atomic E-state index is -4.44. The van der Waals surface area contributed by atoms with E-state index in [-0.39, 0.29) is 11.3 Å². The van der Waals surface area contributed by atoms with E-state index < -0.39 is 27.6 Å². The summed E-state index contributed by atoms with van der Waals surface area (Å²) in [7, 11) is -4.44. The van der Waals surface area contributed by atoms with Crippen LogP contribution in [0.1, 0.15) is 27.6 Å². The fourth-order valence-electron chi connectivity index (χ4n) is 2.05. The summed E-state index contributed by atoms with van der Waals surface area (Å²) < 4.78 is 32.4. The number of hydrogen-bond acceptors (Lipinski definition) is 4. The van der Waals surface area contributed by atoms with Gasteiger partial charge in [0.05, 0.1) is 5.56 Å². The van der Waals surface area contributed by atoms with Crippen molar-refractivity contribution in [1.29, 1.82) is 0 Å². The second-order valence-corrected chi connectivity index (χ2v) is 6.16. The number of para-hydroxylation sites is 1. The van der Waals surface area contributed by atoms with E-state index in [4.69, 9.17) is 0 Å². The van der Waals surface area contributed by atoms with Crippen LogP contribution in [-0.2, 0) is 10.1 Å². The molecule has 5 nitrogen and oxygen atoms in total. The lowest BCUT2D eigenvalue weighted by atomic mass is 10.0. The van der Waals surface area contributed by atoms with Crippen LogP contribution in [0.25, 0.3) is 0 Å². The summed E-state index contributed by atoms with van der Waals surface area (Å²) in [4.78, 5) is 12.2. The van der Waals surface area contributed by atoms with Gasteiger partial charge in [-0.1, -0.05) is 42.5 Å². The Kier molecular flexibility index (Phi) is 4.40. The lowest BCUT2D eigenvalue weighted by molar-refractivity contribution is 0.0977. The molecule has 0 saturated carbocycles. The van der Waals surface area contributed by atoms with Crippen LogP contribution in [0.2, 0.25) is 0 Å². The third kappa shape index (κ3) is 3.68. The van der Waals surface area contributed by atoms with Crippen LogP contribution >= 0.6 is 0 Å². The normalized spacial score (nSPS) is 12.8. The molecule has 0 aliphatic carbocycles. The average Bonchev–Trinajstić information content (AvgIpc) is 2.44. The minimum absolute atomic E-state index is 0.0297. The molecule has 1 unspecified atom stereocenters. The van der Waals surface area contributed by atoms with Gasteiger partial charge in [-0.25, -0.2) is 0 Å². The zero-order valence-corrected chi connectivity index (χ0v) is 11.8. The Labute approximate surface area is 122 Å². The van der Waals surface area contributed by atoms with Crippen LogP contribution in [0.4, 0.5) is 0 Å². The molecule has 0 aliphatic rings. The summed E-state index contributed by atoms with van der Waals surface area (Å²) in [6.07, 6.45) is -0.444. The highest BCUT2D eigenvalue weighted by Gasteiger charge is 2.28. The zero-order valence-electron chi connectivity index (χ0n) is 11.0. The first-order chi connectivity index (χ1) is 9.89. The number of ketones is 1. The Morgan fingerprint density at radius 1 is 1.00 bits per heavy atom. The minimum Gasteiger partial charge on any atom is -0.507 e. The number of hydrogen-bond donors (Lipinski definition) is 2.